The van der Waals surface area contributed by atoms with E-state index in [-0.39, 0.29) is 24.8 Å². The number of rotatable bonds is 8. The van der Waals surface area contributed by atoms with E-state index in [2.05, 4.69) is 5.32 Å². The van der Waals surface area contributed by atoms with Gasteiger partial charge in [0.15, 0.2) is 11.6 Å². The fourth-order valence-corrected chi connectivity index (χ4v) is 3.31. The standard InChI is InChI=1S/C21H23FN2O3/c1-2-3-13-21(16-9-5-4-6-10-16)19(25)24(20(26)23-21)14-15-27-18-12-8-7-11-17(18)22/h4-12H,2-3,13-15H2,1H3,(H,23,26). The number of carbonyl (C=O) groups excluding carboxylic acids is 2. The molecule has 0 spiro atoms. The molecule has 3 amide bonds. The molecule has 6 heteroatoms. The normalized spacial score (nSPS) is 19.3. The molecule has 0 saturated carbocycles. The van der Waals surface area contributed by atoms with Crippen LogP contribution in [0.5, 0.6) is 5.75 Å². The first-order chi connectivity index (χ1) is 13.1. The summed E-state index contributed by atoms with van der Waals surface area (Å²) in [7, 11) is 0. The molecule has 1 N–H and O–H groups in total. The summed E-state index contributed by atoms with van der Waals surface area (Å²) in [5.74, 6) is -0.662. The van der Waals surface area contributed by atoms with Crippen LogP contribution in [0.2, 0.25) is 0 Å². The van der Waals surface area contributed by atoms with Crippen LogP contribution in [0.4, 0.5) is 9.18 Å². The molecule has 27 heavy (non-hydrogen) atoms. The number of carbonyl (C=O) groups is 2. The van der Waals surface area contributed by atoms with Gasteiger partial charge < -0.3 is 10.1 Å². The number of nitrogens with zero attached hydrogens (tertiary/aromatic N) is 1. The number of hydrogen-bond acceptors (Lipinski definition) is 3. The highest BCUT2D eigenvalue weighted by Gasteiger charge is 2.51. The molecule has 1 saturated heterocycles. The maximum absolute atomic E-state index is 13.6. The lowest BCUT2D eigenvalue weighted by atomic mass is 9.85. The second-order valence-electron chi connectivity index (χ2n) is 6.54. The van der Waals surface area contributed by atoms with E-state index in [0.717, 1.165) is 23.3 Å². The summed E-state index contributed by atoms with van der Waals surface area (Å²) in [4.78, 5) is 26.8. The zero-order valence-corrected chi connectivity index (χ0v) is 15.3. The molecule has 1 unspecified atom stereocenters. The third-order valence-electron chi connectivity index (χ3n) is 4.76. The van der Waals surface area contributed by atoms with Crippen LogP contribution in [-0.4, -0.2) is 30.0 Å². The molecule has 0 bridgehead atoms. The molecule has 1 atom stereocenters. The number of urea groups is 1. The quantitative estimate of drug-likeness (QED) is 0.718. The second-order valence-corrected chi connectivity index (χ2v) is 6.54. The summed E-state index contributed by atoms with van der Waals surface area (Å²) in [6.07, 6.45) is 2.25. The minimum absolute atomic E-state index is 0.0265. The smallest absolute Gasteiger partial charge is 0.325 e. The summed E-state index contributed by atoms with van der Waals surface area (Å²) >= 11 is 0. The van der Waals surface area contributed by atoms with Crippen molar-refractivity contribution in [2.45, 2.75) is 31.7 Å². The molecular weight excluding hydrogens is 347 g/mol. The van der Waals surface area contributed by atoms with Gasteiger partial charge >= 0.3 is 6.03 Å². The van der Waals surface area contributed by atoms with Gasteiger partial charge in [0.05, 0.1) is 6.54 Å². The van der Waals surface area contributed by atoms with E-state index in [1.54, 1.807) is 12.1 Å². The van der Waals surface area contributed by atoms with Crippen LogP contribution in [-0.2, 0) is 10.3 Å². The zero-order chi connectivity index (χ0) is 19.3. The predicted octanol–water partition coefficient (Wildman–Crippen LogP) is 3.84. The van der Waals surface area contributed by atoms with Gasteiger partial charge in [-0.15, -0.1) is 0 Å². The lowest BCUT2D eigenvalue weighted by molar-refractivity contribution is -0.132. The number of halogens is 1. The predicted molar refractivity (Wildman–Crippen MR) is 99.8 cm³/mol. The van der Waals surface area contributed by atoms with Crippen molar-refractivity contribution >= 4 is 11.9 Å². The fraction of sp³-hybridized carbons (Fsp3) is 0.333. The van der Waals surface area contributed by atoms with E-state index < -0.39 is 17.4 Å². The van der Waals surface area contributed by atoms with Gasteiger partial charge in [0, 0.05) is 0 Å². The Morgan fingerprint density at radius 1 is 1.07 bits per heavy atom. The van der Waals surface area contributed by atoms with Crippen LogP contribution >= 0.6 is 0 Å². The summed E-state index contributed by atoms with van der Waals surface area (Å²) in [6.45, 7) is 2.12. The average molecular weight is 370 g/mol. The zero-order valence-electron chi connectivity index (χ0n) is 15.3. The molecule has 1 aliphatic heterocycles. The molecule has 0 aromatic heterocycles. The van der Waals surface area contributed by atoms with Crippen LogP contribution in [0.1, 0.15) is 31.7 Å². The lowest BCUT2D eigenvalue weighted by Crippen LogP contribution is -2.44. The Kier molecular flexibility index (Phi) is 5.74. The molecular formula is C21H23FN2O3. The average Bonchev–Trinajstić information content (AvgIpc) is 2.93. The molecule has 2 aromatic rings. The SMILES string of the molecule is CCCCC1(c2ccccc2)NC(=O)N(CCOc2ccccc2F)C1=O. The maximum Gasteiger partial charge on any atom is 0.325 e. The van der Waals surface area contributed by atoms with Gasteiger partial charge in [0.2, 0.25) is 0 Å². The number of para-hydroxylation sites is 1. The van der Waals surface area contributed by atoms with Gasteiger partial charge in [0.25, 0.3) is 5.91 Å². The summed E-state index contributed by atoms with van der Waals surface area (Å²) in [5, 5.41) is 2.89. The van der Waals surface area contributed by atoms with Gasteiger partial charge in [-0.25, -0.2) is 9.18 Å². The first-order valence-corrected chi connectivity index (χ1v) is 9.15. The Hall–Kier alpha value is -2.89. The van der Waals surface area contributed by atoms with Crippen molar-refractivity contribution < 1.29 is 18.7 Å². The van der Waals surface area contributed by atoms with Gasteiger partial charge in [-0.3, -0.25) is 9.69 Å². The molecule has 142 valence electrons. The molecule has 1 heterocycles. The Balaban J connectivity index is 1.75. The van der Waals surface area contributed by atoms with Crippen LogP contribution in [0.25, 0.3) is 0 Å². The van der Waals surface area contributed by atoms with Crippen LogP contribution in [0.3, 0.4) is 0 Å². The highest BCUT2D eigenvalue weighted by molar-refractivity contribution is 6.07. The van der Waals surface area contributed by atoms with Crippen molar-refractivity contribution in [1.29, 1.82) is 0 Å². The molecule has 1 fully saturated rings. The van der Waals surface area contributed by atoms with Crippen molar-refractivity contribution in [1.82, 2.24) is 10.2 Å². The summed E-state index contributed by atoms with van der Waals surface area (Å²) < 4.78 is 19.0. The summed E-state index contributed by atoms with van der Waals surface area (Å²) in [5.41, 5.74) is -0.277. The third kappa shape index (κ3) is 3.79. The van der Waals surface area contributed by atoms with Gasteiger partial charge in [-0.2, -0.15) is 0 Å². The minimum atomic E-state index is -1.05. The third-order valence-corrected chi connectivity index (χ3v) is 4.76. The van der Waals surface area contributed by atoms with Crippen molar-refractivity contribution in [3.8, 4) is 5.75 Å². The van der Waals surface area contributed by atoms with Crippen molar-refractivity contribution in [3.63, 3.8) is 0 Å². The minimum Gasteiger partial charge on any atom is -0.489 e. The highest BCUT2D eigenvalue weighted by atomic mass is 19.1. The number of nitrogens with one attached hydrogen (secondary N) is 1. The van der Waals surface area contributed by atoms with E-state index >= 15 is 0 Å². The number of ether oxygens (including phenoxy) is 1. The van der Waals surface area contributed by atoms with Crippen LogP contribution in [0, 0.1) is 5.82 Å². The molecule has 1 aliphatic rings. The van der Waals surface area contributed by atoms with Gasteiger partial charge in [0.1, 0.15) is 12.1 Å². The maximum atomic E-state index is 13.6. The molecule has 5 nitrogen and oxygen atoms in total. The van der Waals surface area contributed by atoms with Crippen LogP contribution in [0.15, 0.2) is 54.6 Å². The largest absolute Gasteiger partial charge is 0.489 e. The second kappa shape index (κ2) is 8.20. The van der Waals surface area contributed by atoms with E-state index in [1.807, 2.05) is 37.3 Å². The Morgan fingerprint density at radius 3 is 2.48 bits per heavy atom. The topological polar surface area (TPSA) is 58.6 Å². The molecule has 3 rings (SSSR count). The highest BCUT2D eigenvalue weighted by Crippen LogP contribution is 2.34. The number of benzene rings is 2. The first-order valence-electron chi connectivity index (χ1n) is 9.15. The molecule has 0 aliphatic carbocycles. The fourth-order valence-electron chi connectivity index (χ4n) is 3.31. The molecule has 0 radical (unpaired) electrons. The van der Waals surface area contributed by atoms with Crippen LogP contribution < -0.4 is 10.1 Å². The van der Waals surface area contributed by atoms with Gasteiger partial charge in [-0.05, 0) is 24.1 Å². The number of imide groups is 1. The van der Waals surface area contributed by atoms with Gasteiger partial charge in [-0.1, -0.05) is 62.2 Å². The van der Waals surface area contributed by atoms with E-state index in [4.69, 9.17) is 4.74 Å². The summed E-state index contributed by atoms with van der Waals surface area (Å²) in [6, 6.07) is 14.9. The Labute approximate surface area is 158 Å². The monoisotopic (exact) mass is 370 g/mol. The number of hydrogen-bond donors (Lipinski definition) is 1. The van der Waals surface area contributed by atoms with E-state index in [0.29, 0.717) is 6.42 Å². The lowest BCUT2D eigenvalue weighted by Gasteiger charge is -2.27. The van der Waals surface area contributed by atoms with Crippen molar-refractivity contribution in [3.05, 3.63) is 66.0 Å². The first kappa shape index (κ1) is 18.9. The Bertz CT molecular complexity index is 812. The molecule has 2 aromatic carbocycles. The van der Waals surface area contributed by atoms with Crippen molar-refractivity contribution in [2.75, 3.05) is 13.2 Å². The number of amides is 3. The van der Waals surface area contributed by atoms with Crippen molar-refractivity contribution in [2.24, 2.45) is 0 Å². The van der Waals surface area contributed by atoms with E-state index in [1.165, 1.54) is 12.1 Å². The Morgan fingerprint density at radius 2 is 1.78 bits per heavy atom. The number of unbranched alkanes of at least 4 members (excludes halogenated alkanes) is 1. The van der Waals surface area contributed by atoms with E-state index in [9.17, 15) is 14.0 Å².